The second kappa shape index (κ2) is 6.97. The fourth-order valence-electron chi connectivity index (χ4n) is 1.30. The van der Waals surface area contributed by atoms with E-state index >= 15 is 0 Å². The van der Waals surface area contributed by atoms with Gasteiger partial charge in [0.2, 0.25) is 0 Å². The molecule has 2 nitrogen and oxygen atoms in total. The molecule has 1 aromatic rings. The van der Waals surface area contributed by atoms with E-state index in [1.54, 1.807) is 12.1 Å². The van der Waals surface area contributed by atoms with E-state index in [2.05, 4.69) is 42.0 Å². The van der Waals surface area contributed by atoms with Crippen molar-refractivity contribution in [2.24, 2.45) is 5.92 Å². The molecule has 0 aliphatic carbocycles. The molecule has 0 spiro atoms. The van der Waals surface area contributed by atoms with Crippen molar-refractivity contribution in [1.29, 1.82) is 0 Å². The summed E-state index contributed by atoms with van der Waals surface area (Å²) in [5, 5.41) is 3.34. The standard InChI is InChI=1S/C13H19BrFNO/c1-9(2)16-7-10(3)8-17-11-4-5-12(14)13(15)6-11/h4-6,9-10,16H,7-8H2,1-3H3. The zero-order valence-corrected chi connectivity index (χ0v) is 12.1. The van der Waals surface area contributed by atoms with Crippen molar-refractivity contribution in [3.05, 3.63) is 28.5 Å². The van der Waals surface area contributed by atoms with Crippen LogP contribution in [-0.4, -0.2) is 19.2 Å². The van der Waals surface area contributed by atoms with Crippen LogP contribution in [0.15, 0.2) is 22.7 Å². The first kappa shape index (κ1) is 14.5. The number of halogens is 2. The number of nitrogens with one attached hydrogen (secondary N) is 1. The van der Waals surface area contributed by atoms with Gasteiger partial charge in [-0.15, -0.1) is 0 Å². The molecule has 1 aromatic carbocycles. The highest BCUT2D eigenvalue weighted by atomic mass is 79.9. The monoisotopic (exact) mass is 303 g/mol. The van der Waals surface area contributed by atoms with Crippen LogP contribution in [0, 0.1) is 11.7 Å². The molecule has 4 heteroatoms. The Hall–Kier alpha value is -0.610. The van der Waals surface area contributed by atoms with E-state index in [1.165, 1.54) is 6.07 Å². The van der Waals surface area contributed by atoms with E-state index in [0.29, 0.717) is 28.8 Å². The molecular weight excluding hydrogens is 285 g/mol. The second-order valence-corrected chi connectivity index (χ2v) is 5.41. The van der Waals surface area contributed by atoms with Gasteiger partial charge in [-0.05, 0) is 28.1 Å². The molecule has 0 aliphatic rings. The summed E-state index contributed by atoms with van der Waals surface area (Å²) in [6.07, 6.45) is 0. The number of benzene rings is 1. The maximum atomic E-state index is 13.2. The minimum atomic E-state index is -0.296. The van der Waals surface area contributed by atoms with Crippen molar-refractivity contribution in [1.82, 2.24) is 5.32 Å². The largest absolute Gasteiger partial charge is 0.493 e. The first-order valence-electron chi connectivity index (χ1n) is 5.80. The van der Waals surface area contributed by atoms with E-state index in [-0.39, 0.29) is 5.82 Å². The van der Waals surface area contributed by atoms with E-state index in [1.807, 2.05) is 0 Å². The van der Waals surface area contributed by atoms with Crippen LogP contribution < -0.4 is 10.1 Å². The van der Waals surface area contributed by atoms with Crippen LogP contribution in [0.25, 0.3) is 0 Å². The Bertz CT molecular complexity index is 357. The Labute approximate surface area is 111 Å². The molecule has 0 fully saturated rings. The maximum absolute atomic E-state index is 13.2. The van der Waals surface area contributed by atoms with E-state index in [0.717, 1.165) is 6.54 Å². The quantitative estimate of drug-likeness (QED) is 0.867. The van der Waals surface area contributed by atoms with Crippen LogP contribution in [0.2, 0.25) is 0 Å². The third-order valence-corrected chi connectivity index (χ3v) is 2.94. The van der Waals surface area contributed by atoms with Gasteiger partial charge in [0.1, 0.15) is 11.6 Å². The molecule has 0 saturated carbocycles. The highest BCUT2D eigenvalue weighted by Gasteiger charge is 2.06. The van der Waals surface area contributed by atoms with Gasteiger partial charge < -0.3 is 10.1 Å². The highest BCUT2D eigenvalue weighted by molar-refractivity contribution is 9.10. The fourth-order valence-corrected chi connectivity index (χ4v) is 1.55. The van der Waals surface area contributed by atoms with Crippen LogP contribution in [0.3, 0.4) is 0 Å². The van der Waals surface area contributed by atoms with Gasteiger partial charge in [0.15, 0.2) is 0 Å². The molecule has 1 unspecified atom stereocenters. The minimum Gasteiger partial charge on any atom is -0.493 e. The van der Waals surface area contributed by atoms with Crippen molar-refractivity contribution < 1.29 is 9.13 Å². The molecule has 0 aromatic heterocycles. The van der Waals surface area contributed by atoms with E-state index in [4.69, 9.17) is 4.74 Å². The highest BCUT2D eigenvalue weighted by Crippen LogP contribution is 2.21. The lowest BCUT2D eigenvalue weighted by molar-refractivity contribution is 0.252. The molecule has 96 valence electrons. The SMILES string of the molecule is CC(CNC(C)C)COc1ccc(Br)c(F)c1. The first-order valence-corrected chi connectivity index (χ1v) is 6.59. The van der Waals surface area contributed by atoms with Crippen LogP contribution >= 0.6 is 15.9 Å². The summed E-state index contributed by atoms with van der Waals surface area (Å²) in [6.45, 7) is 7.80. The van der Waals surface area contributed by atoms with E-state index < -0.39 is 0 Å². The van der Waals surface area contributed by atoms with Gasteiger partial charge in [-0.1, -0.05) is 20.8 Å². The van der Waals surface area contributed by atoms with Gasteiger partial charge >= 0.3 is 0 Å². The third-order valence-electron chi connectivity index (χ3n) is 2.30. The Kier molecular flexibility index (Phi) is 5.92. The van der Waals surface area contributed by atoms with Crippen molar-refractivity contribution >= 4 is 15.9 Å². The normalized spacial score (nSPS) is 12.8. The van der Waals surface area contributed by atoms with Crippen molar-refractivity contribution in [2.45, 2.75) is 26.8 Å². The van der Waals surface area contributed by atoms with Gasteiger partial charge in [0.05, 0.1) is 11.1 Å². The van der Waals surface area contributed by atoms with Gasteiger partial charge in [-0.25, -0.2) is 4.39 Å². The lowest BCUT2D eigenvalue weighted by Gasteiger charge is -2.15. The van der Waals surface area contributed by atoms with E-state index in [9.17, 15) is 4.39 Å². The predicted octanol–water partition coefficient (Wildman–Crippen LogP) is 3.60. The third kappa shape index (κ3) is 5.50. The summed E-state index contributed by atoms with van der Waals surface area (Å²) in [4.78, 5) is 0. The average Bonchev–Trinajstić information content (AvgIpc) is 2.28. The minimum absolute atomic E-state index is 0.296. The zero-order valence-electron chi connectivity index (χ0n) is 10.5. The fraction of sp³-hybridized carbons (Fsp3) is 0.538. The summed E-state index contributed by atoms with van der Waals surface area (Å²) in [6, 6.07) is 5.28. The van der Waals surface area contributed by atoms with Crippen LogP contribution in [-0.2, 0) is 0 Å². The molecule has 0 amide bonds. The maximum Gasteiger partial charge on any atom is 0.141 e. The molecule has 0 heterocycles. The Morgan fingerprint density at radius 3 is 2.65 bits per heavy atom. The summed E-state index contributed by atoms with van der Waals surface area (Å²) in [5.41, 5.74) is 0. The number of hydrogen-bond acceptors (Lipinski definition) is 2. The Balaban J connectivity index is 2.36. The van der Waals surface area contributed by atoms with Gasteiger partial charge in [0, 0.05) is 24.6 Å². The van der Waals surface area contributed by atoms with Crippen molar-refractivity contribution in [3.8, 4) is 5.75 Å². The van der Waals surface area contributed by atoms with Crippen molar-refractivity contribution in [3.63, 3.8) is 0 Å². The molecule has 0 bridgehead atoms. The number of ether oxygens (including phenoxy) is 1. The van der Waals surface area contributed by atoms with Crippen molar-refractivity contribution in [2.75, 3.05) is 13.2 Å². The molecule has 0 saturated heterocycles. The molecular formula is C13H19BrFNO. The molecule has 1 rings (SSSR count). The molecule has 0 aliphatic heterocycles. The van der Waals surface area contributed by atoms with Crippen LogP contribution in [0.1, 0.15) is 20.8 Å². The smallest absolute Gasteiger partial charge is 0.141 e. The van der Waals surface area contributed by atoms with Crippen LogP contribution in [0.4, 0.5) is 4.39 Å². The lowest BCUT2D eigenvalue weighted by Crippen LogP contribution is -2.30. The summed E-state index contributed by atoms with van der Waals surface area (Å²) >= 11 is 3.11. The summed E-state index contributed by atoms with van der Waals surface area (Å²) in [7, 11) is 0. The van der Waals surface area contributed by atoms with Gasteiger partial charge in [-0.2, -0.15) is 0 Å². The van der Waals surface area contributed by atoms with Gasteiger partial charge in [0.25, 0.3) is 0 Å². The van der Waals surface area contributed by atoms with Gasteiger partial charge in [-0.3, -0.25) is 0 Å². The Morgan fingerprint density at radius 1 is 1.35 bits per heavy atom. The molecule has 17 heavy (non-hydrogen) atoms. The Morgan fingerprint density at radius 2 is 2.06 bits per heavy atom. The number of rotatable bonds is 6. The zero-order chi connectivity index (χ0) is 12.8. The molecule has 1 N–H and O–H groups in total. The topological polar surface area (TPSA) is 21.3 Å². The molecule has 0 radical (unpaired) electrons. The lowest BCUT2D eigenvalue weighted by atomic mass is 10.2. The average molecular weight is 304 g/mol. The second-order valence-electron chi connectivity index (χ2n) is 4.56. The number of hydrogen-bond donors (Lipinski definition) is 1. The summed E-state index contributed by atoms with van der Waals surface area (Å²) < 4.78 is 19.2. The molecule has 1 atom stereocenters. The van der Waals surface area contributed by atoms with Crippen LogP contribution in [0.5, 0.6) is 5.75 Å². The first-order chi connectivity index (χ1) is 7.99. The predicted molar refractivity (Wildman–Crippen MR) is 71.9 cm³/mol. The summed E-state index contributed by atoms with van der Waals surface area (Å²) in [5.74, 6) is 0.668.